The standard InChI is InChI=1S/C14H17N5O2/c1-21-13-3-2-10(6-12(13)14(15)19-20)7-17-8-11-4-5-16-9-18-11/h2-6,9,17,20H,7-8H2,1H3,(H2,15,19). The van der Waals surface area contributed by atoms with E-state index in [0.29, 0.717) is 24.4 Å². The molecule has 7 heteroatoms. The molecule has 0 saturated heterocycles. The van der Waals surface area contributed by atoms with E-state index in [9.17, 15) is 0 Å². The van der Waals surface area contributed by atoms with Gasteiger partial charge in [-0.3, -0.25) is 0 Å². The first-order chi connectivity index (χ1) is 10.2. The van der Waals surface area contributed by atoms with E-state index in [1.54, 1.807) is 12.3 Å². The smallest absolute Gasteiger partial charge is 0.173 e. The van der Waals surface area contributed by atoms with Crippen LogP contribution in [0.25, 0.3) is 0 Å². The second-order valence-corrected chi connectivity index (χ2v) is 4.32. The highest BCUT2D eigenvalue weighted by molar-refractivity contribution is 5.99. The van der Waals surface area contributed by atoms with Gasteiger partial charge in [-0.05, 0) is 23.8 Å². The van der Waals surface area contributed by atoms with Crippen molar-refractivity contribution in [2.24, 2.45) is 10.9 Å². The van der Waals surface area contributed by atoms with E-state index >= 15 is 0 Å². The lowest BCUT2D eigenvalue weighted by Gasteiger charge is -2.10. The molecule has 0 aliphatic carbocycles. The Morgan fingerprint density at radius 2 is 2.24 bits per heavy atom. The summed E-state index contributed by atoms with van der Waals surface area (Å²) in [6, 6.07) is 7.37. The monoisotopic (exact) mass is 287 g/mol. The highest BCUT2D eigenvalue weighted by Crippen LogP contribution is 2.19. The summed E-state index contributed by atoms with van der Waals surface area (Å²) in [6.07, 6.45) is 3.22. The Morgan fingerprint density at radius 3 is 2.90 bits per heavy atom. The van der Waals surface area contributed by atoms with Crippen molar-refractivity contribution in [3.05, 3.63) is 53.6 Å². The molecule has 0 aliphatic heterocycles. The van der Waals surface area contributed by atoms with Crippen LogP contribution in [0.5, 0.6) is 5.75 Å². The van der Waals surface area contributed by atoms with Crippen molar-refractivity contribution in [3.63, 3.8) is 0 Å². The van der Waals surface area contributed by atoms with Crippen molar-refractivity contribution in [2.75, 3.05) is 7.11 Å². The molecule has 1 aromatic carbocycles. The van der Waals surface area contributed by atoms with Gasteiger partial charge in [-0.2, -0.15) is 0 Å². The Hall–Kier alpha value is -2.67. The molecule has 0 bridgehead atoms. The van der Waals surface area contributed by atoms with E-state index in [1.165, 1.54) is 13.4 Å². The third kappa shape index (κ3) is 3.90. The lowest BCUT2D eigenvalue weighted by atomic mass is 10.1. The molecular weight excluding hydrogens is 270 g/mol. The van der Waals surface area contributed by atoms with Crippen LogP contribution in [0.15, 0.2) is 41.9 Å². The average Bonchev–Trinajstić information content (AvgIpc) is 2.55. The molecule has 21 heavy (non-hydrogen) atoms. The molecule has 0 atom stereocenters. The third-order valence-electron chi connectivity index (χ3n) is 2.93. The van der Waals surface area contributed by atoms with Crippen molar-refractivity contribution >= 4 is 5.84 Å². The first kappa shape index (κ1) is 14.7. The number of amidine groups is 1. The fourth-order valence-electron chi connectivity index (χ4n) is 1.88. The van der Waals surface area contributed by atoms with Crippen LogP contribution in [0.4, 0.5) is 0 Å². The zero-order chi connectivity index (χ0) is 15.1. The summed E-state index contributed by atoms with van der Waals surface area (Å²) in [6.45, 7) is 1.26. The summed E-state index contributed by atoms with van der Waals surface area (Å²) in [5, 5.41) is 15.1. The number of hydrogen-bond acceptors (Lipinski definition) is 6. The molecule has 2 aromatic rings. The first-order valence-corrected chi connectivity index (χ1v) is 6.35. The Bertz CT molecular complexity index is 616. The maximum Gasteiger partial charge on any atom is 0.173 e. The van der Waals surface area contributed by atoms with Crippen molar-refractivity contribution in [3.8, 4) is 5.75 Å². The molecule has 0 spiro atoms. The minimum absolute atomic E-state index is 0.0181. The Kier molecular flexibility index (Phi) is 5.05. The maximum atomic E-state index is 8.80. The molecule has 0 radical (unpaired) electrons. The number of rotatable bonds is 6. The summed E-state index contributed by atoms with van der Waals surface area (Å²) in [5.74, 6) is 0.578. The number of oxime groups is 1. The van der Waals surface area contributed by atoms with Crippen molar-refractivity contribution in [1.29, 1.82) is 0 Å². The Balaban J connectivity index is 2.04. The normalized spacial score (nSPS) is 11.4. The largest absolute Gasteiger partial charge is 0.496 e. The van der Waals surface area contributed by atoms with E-state index in [1.807, 2.05) is 18.2 Å². The van der Waals surface area contributed by atoms with E-state index < -0.39 is 0 Å². The molecule has 1 heterocycles. The molecular formula is C14H17N5O2. The van der Waals surface area contributed by atoms with Gasteiger partial charge in [-0.25, -0.2) is 9.97 Å². The van der Waals surface area contributed by atoms with Crippen molar-refractivity contribution in [1.82, 2.24) is 15.3 Å². The third-order valence-corrected chi connectivity index (χ3v) is 2.93. The average molecular weight is 287 g/mol. The number of ether oxygens (including phenoxy) is 1. The topological polar surface area (TPSA) is 106 Å². The predicted molar refractivity (Wildman–Crippen MR) is 78.1 cm³/mol. The number of hydrogen-bond donors (Lipinski definition) is 3. The summed E-state index contributed by atoms with van der Waals surface area (Å²) >= 11 is 0. The van der Waals surface area contributed by atoms with Crippen molar-refractivity contribution < 1.29 is 9.94 Å². The van der Waals surface area contributed by atoms with Gasteiger partial charge in [0.1, 0.15) is 12.1 Å². The van der Waals surface area contributed by atoms with Gasteiger partial charge in [-0.1, -0.05) is 11.2 Å². The van der Waals surface area contributed by atoms with E-state index in [2.05, 4.69) is 20.4 Å². The quantitative estimate of drug-likeness (QED) is 0.315. The SMILES string of the molecule is COc1ccc(CNCc2ccncn2)cc1/C(N)=N/O. The summed E-state index contributed by atoms with van der Waals surface area (Å²) in [7, 11) is 1.54. The van der Waals surface area contributed by atoms with Gasteiger partial charge in [0, 0.05) is 19.3 Å². The predicted octanol–water partition coefficient (Wildman–Crippen LogP) is 0.869. The van der Waals surface area contributed by atoms with Gasteiger partial charge >= 0.3 is 0 Å². The van der Waals surface area contributed by atoms with E-state index in [4.69, 9.17) is 15.7 Å². The zero-order valence-electron chi connectivity index (χ0n) is 11.7. The van der Waals surface area contributed by atoms with Gasteiger partial charge in [0.15, 0.2) is 5.84 Å². The Morgan fingerprint density at radius 1 is 1.38 bits per heavy atom. The molecule has 0 amide bonds. The second kappa shape index (κ2) is 7.20. The van der Waals surface area contributed by atoms with Crippen LogP contribution in [-0.4, -0.2) is 28.1 Å². The minimum atomic E-state index is 0.0181. The number of nitrogens with two attached hydrogens (primary N) is 1. The van der Waals surface area contributed by atoms with Crippen molar-refractivity contribution in [2.45, 2.75) is 13.1 Å². The number of aromatic nitrogens is 2. The lowest BCUT2D eigenvalue weighted by molar-refractivity contribution is 0.318. The number of nitrogens with zero attached hydrogens (tertiary/aromatic N) is 3. The van der Waals surface area contributed by atoms with Gasteiger partial charge in [0.2, 0.25) is 0 Å². The molecule has 110 valence electrons. The highest BCUT2D eigenvalue weighted by atomic mass is 16.5. The van der Waals surface area contributed by atoms with Crippen LogP contribution < -0.4 is 15.8 Å². The van der Waals surface area contributed by atoms with Crippen LogP contribution in [-0.2, 0) is 13.1 Å². The van der Waals surface area contributed by atoms with Crippen LogP contribution in [0.3, 0.4) is 0 Å². The van der Waals surface area contributed by atoms with E-state index in [-0.39, 0.29) is 5.84 Å². The second-order valence-electron chi connectivity index (χ2n) is 4.32. The summed E-state index contributed by atoms with van der Waals surface area (Å²) in [4.78, 5) is 8.00. The molecule has 4 N–H and O–H groups in total. The number of methoxy groups -OCH3 is 1. The molecule has 0 unspecified atom stereocenters. The number of benzene rings is 1. The van der Waals surface area contributed by atoms with Crippen LogP contribution in [0.2, 0.25) is 0 Å². The van der Waals surface area contributed by atoms with E-state index in [0.717, 1.165) is 11.3 Å². The van der Waals surface area contributed by atoms with Crippen LogP contribution in [0.1, 0.15) is 16.8 Å². The summed E-state index contributed by atoms with van der Waals surface area (Å²) in [5.41, 5.74) is 8.10. The number of nitrogens with one attached hydrogen (secondary N) is 1. The van der Waals surface area contributed by atoms with Gasteiger partial charge < -0.3 is 21.0 Å². The highest BCUT2D eigenvalue weighted by Gasteiger charge is 2.08. The molecule has 1 aromatic heterocycles. The molecule has 0 aliphatic rings. The van der Waals surface area contributed by atoms with Crippen LogP contribution >= 0.6 is 0 Å². The molecule has 7 nitrogen and oxygen atoms in total. The summed E-state index contributed by atoms with van der Waals surface area (Å²) < 4.78 is 5.19. The fourth-order valence-corrected chi connectivity index (χ4v) is 1.88. The fraction of sp³-hybridized carbons (Fsp3) is 0.214. The van der Waals surface area contributed by atoms with Crippen LogP contribution in [0, 0.1) is 0 Å². The molecule has 0 saturated carbocycles. The molecule has 2 rings (SSSR count). The van der Waals surface area contributed by atoms with Gasteiger partial charge in [0.05, 0.1) is 18.4 Å². The van der Waals surface area contributed by atoms with Gasteiger partial charge in [0.25, 0.3) is 0 Å². The minimum Gasteiger partial charge on any atom is -0.496 e. The zero-order valence-corrected chi connectivity index (χ0v) is 11.7. The van der Waals surface area contributed by atoms with Gasteiger partial charge in [-0.15, -0.1) is 0 Å². The Labute approximate surface area is 122 Å². The molecule has 0 fully saturated rings. The lowest BCUT2D eigenvalue weighted by Crippen LogP contribution is -2.17. The first-order valence-electron chi connectivity index (χ1n) is 6.35. The maximum absolute atomic E-state index is 8.80.